The summed E-state index contributed by atoms with van der Waals surface area (Å²) in [5, 5.41) is 0. The number of carbonyl (C=O) groups excluding carboxylic acids is 3. The molecule has 0 rings (SSSR count). The van der Waals surface area contributed by atoms with E-state index in [4.69, 9.17) is 14.2 Å². The standard InChI is InChI=1S/C55H100O6/c1-4-7-10-13-16-19-21-23-25-27-29-31-33-36-39-42-45-48-54(57)60-51-52(50-59-53(56)47-44-41-38-35-18-15-12-9-6-3)61-55(58)49-46-43-40-37-34-32-30-28-26-24-22-20-17-14-11-8-5-2/h23-26,35,38,52H,4-22,27-34,36-37,39-51H2,1-3H3/b25-23-,26-24-,38-35-. The molecule has 0 bridgehead atoms. The Morgan fingerprint density at radius 3 is 0.902 bits per heavy atom. The SMILES string of the molecule is CCCCCC/C=C\CCCC(=O)OCC(COC(=O)CCCCCCCCC/C=C\CCCCCCCC)OC(=O)CCCCCCCCC/C=C\CCCCCCCC. The zero-order valence-electron chi connectivity index (χ0n) is 40.7. The molecule has 0 aromatic carbocycles. The number of esters is 3. The summed E-state index contributed by atoms with van der Waals surface area (Å²) in [6.45, 7) is 6.58. The van der Waals surface area contributed by atoms with Gasteiger partial charge in [0.25, 0.3) is 0 Å². The maximum Gasteiger partial charge on any atom is 0.306 e. The molecule has 356 valence electrons. The molecule has 0 saturated carbocycles. The van der Waals surface area contributed by atoms with Crippen molar-refractivity contribution in [1.29, 1.82) is 0 Å². The molecule has 0 aliphatic carbocycles. The van der Waals surface area contributed by atoms with E-state index in [1.54, 1.807) is 0 Å². The quantitative estimate of drug-likeness (QED) is 0.0262. The number of carbonyl (C=O) groups is 3. The molecule has 1 unspecified atom stereocenters. The third-order valence-corrected chi connectivity index (χ3v) is 11.6. The van der Waals surface area contributed by atoms with E-state index >= 15 is 0 Å². The van der Waals surface area contributed by atoms with Gasteiger partial charge in [0.15, 0.2) is 6.10 Å². The van der Waals surface area contributed by atoms with Crippen molar-refractivity contribution in [3.8, 4) is 0 Å². The molecule has 61 heavy (non-hydrogen) atoms. The molecule has 0 fully saturated rings. The molecular weight excluding hydrogens is 757 g/mol. The maximum absolute atomic E-state index is 12.8. The first-order valence-electron chi connectivity index (χ1n) is 26.5. The molecule has 1 atom stereocenters. The summed E-state index contributed by atoms with van der Waals surface area (Å²) in [4.78, 5) is 37.9. The molecule has 0 aliphatic heterocycles. The van der Waals surface area contributed by atoms with Crippen LogP contribution in [0, 0.1) is 0 Å². The van der Waals surface area contributed by atoms with Crippen LogP contribution in [0.2, 0.25) is 0 Å². The van der Waals surface area contributed by atoms with E-state index in [2.05, 4.69) is 57.2 Å². The van der Waals surface area contributed by atoms with Gasteiger partial charge in [0, 0.05) is 19.3 Å². The van der Waals surface area contributed by atoms with Crippen molar-refractivity contribution in [2.45, 2.75) is 284 Å². The lowest BCUT2D eigenvalue weighted by Gasteiger charge is -2.18. The minimum atomic E-state index is -0.784. The molecular formula is C55H100O6. The van der Waals surface area contributed by atoms with E-state index in [0.29, 0.717) is 19.3 Å². The minimum absolute atomic E-state index is 0.0831. The van der Waals surface area contributed by atoms with E-state index in [0.717, 1.165) is 57.8 Å². The Kier molecular flexibility index (Phi) is 48.3. The monoisotopic (exact) mass is 857 g/mol. The van der Waals surface area contributed by atoms with Crippen LogP contribution in [0.3, 0.4) is 0 Å². The highest BCUT2D eigenvalue weighted by Gasteiger charge is 2.19. The van der Waals surface area contributed by atoms with Crippen LogP contribution in [0.4, 0.5) is 0 Å². The second-order valence-electron chi connectivity index (χ2n) is 17.8. The summed E-state index contributed by atoms with van der Waals surface area (Å²) in [5.41, 5.74) is 0. The Morgan fingerprint density at radius 2 is 0.557 bits per heavy atom. The average Bonchev–Trinajstić information content (AvgIpc) is 3.26. The van der Waals surface area contributed by atoms with Crippen molar-refractivity contribution in [3.63, 3.8) is 0 Å². The van der Waals surface area contributed by atoms with Crippen molar-refractivity contribution in [1.82, 2.24) is 0 Å². The Labute approximate surface area is 378 Å². The van der Waals surface area contributed by atoms with Gasteiger partial charge < -0.3 is 14.2 Å². The summed E-state index contributed by atoms with van der Waals surface area (Å²) >= 11 is 0. The fourth-order valence-corrected chi connectivity index (χ4v) is 7.55. The van der Waals surface area contributed by atoms with Crippen molar-refractivity contribution < 1.29 is 28.6 Å². The molecule has 0 heterocycles. The van der Waals surface area contributed by atoms with Gasteiger partial charge in [0.05, 0.1) is 0 Å². The highest BCUT2D eigenvalue weighted by Crippen LogP contribution is 2.15. The summed E-state index contributed by atoms with van der Waals surface area (Å²) < 4.78 is 16.7. The van der Waals surface area contributed by atoms with Gasteiger partial charge in [-0.25, -0.2) is 0 Å². The average molecular weight is 857 g/mol. The van der Waals surface area contributed by atoms with E-state index < -0.39 is 6.10 Å². The van der Waals surface area contributed by atoms with Crippen LogP contribution >= 0.6 is 0 Å². The van der Waals surface area contributed by atoms with Gasteiger partial charge in [-0.05, 0) is 89.9 Å². The Morgan fingerprint density at radius 1 is 0.311 bits per heavy atom. The van der Waals surface area contributed by atoms with E-state index in [9.17, 15) is 14.4 Å². The van der Waals surface area contributed by atoms with Gasteiger partial charge in [-0.15, -0.1) is 0 Å². The van der Waals surface area contributed by atoms with Crippen molar-refractivity contribution in [2.75, 3.05) is 13.2 Å². The number of ether oxygens (including phenoxy) is 3. The predicted molar refractivity (Wildman–Crippen MR) is 261 cm³/mol. The minimum Gasteiger partial charge on any atom is -0.462 e. The predicted octanol–water partition coefficient (Wildman–Crippen LogP) is 17.3. The smallest absolute Gasteiger partial charge is 0.306 e. The number of rotatable bonds is 48. The van der Waals surface area contributed by atoms with Gasteiger partial charge in [-0.3, -0.25) is 14.4 Å². The lowest BCUT2D eigenvalue weighted by atomic mass is 10.1. The first-order chi connectivity index (χ1) is 30.0. The highest BCUT2D eigenvalue weighted by atomic mass is 16.6. The molecule has 6 nitrogen and oxygen atoms in total. The lowest BCUT2D eigenvalue weighted by molar-refractivity contribution is -0.167. The number of hydrogen-bond donors (Lipinski definition) is 0. The topological polar surface area (TPSA) is 78.9 Å². The fraction of sp³-hybridized carbons (Fsp3) is 0.836. The fourth-order valence-electron chi connectivity index (χ4n) is 7.55. The molecule has 0 N–H and O–H groups in total. The Balaban J connectivity index is 4.32. The van der Waals surface area contributed by atoms with Crippen LogP contribution in [0.5, 0.6) is 0 Å². The number of allylic oxidation sites excluding steroid dienone is 6. The van der Waals surface area contributed by atoms with Crippen LogP contribution in [-0.4, -0.2) is 37.2 Å². The highest BCUT2D eigenvalue weighted by molar-refractivity contribution is 5.71. The number of unbranched alkanes of at least 4 members (excludes halogenated alkanes) is 31. The zero-order chi connectivity index (χ0) is 44.4. The summed E-state index contributed by atoms with van der Waals surface area (Å²) in [6, 6.07) is 0. The second kappa shape index (κ2) is 50.3. The molecule has 0 aromatic rings. The van der Waals surface area contributed by atoms with Gasteiger partial charge in [-0.1, -0.05) is 205 Å². The van der Waals surface area contributed by atoms with Crippen LogP contribution in [0.15, 0.2) is 36.5 Å². The van der Waals surface area contributed by atoms with Crippen LogP contribution in [-0.2, 0) is 28.6 Å². The van der Waals surface area contributed by atoms with Crippen molar-refractivity contribution in [3.05, 3.63) is 36.5 Å². The molecule has 0 aromatic heterocycles. The second-order valence-corrected chi connectivity index (χ2v) is 17.8. The van der Waals surface area contributed by atoms with Gasteiger partial charge in [-0.2, -0.15) is 0 Å². The normalized spacial score (nSPS) is 12.2. The summed E-state index contributed by atoms with van der Waals surface area (Å²) in [7, 11) is 0. The van der Waals surface area contributed by atoms with Crippen molar-refractivity contribution in [2.24, 2.45) is 0 Å². The van der Waals surface area contributed by atoms with E-state index in [1.807, 2.05) is 0 Å². The van der Waals surface area contributed by atoms with E-state index in [-0.39, 0.29) is 31.1 Å². The summed E-state index contributed by atoms with van der Waals surface area (Å²) in [5.74, 6) is -0.920. The first kappa shape index (κ1) is 58.6. The molecule has 0 amide bonds. The van der Waals surface area contributed by atoms with Gasteiger partial charge >= 0.3 is 17.9 Å². The zero-order valence-corrected chi connectivity index (χ0v) is 40.7. The molecule has 0 saturated heterocycles. The lowest BCUT2D eigenvalue weighted by Crippen LogP contribution is -2.30. The number of hydrogen-bond acceptors (Lipinski definition) is 6. The van der Waals surface area contributed by atoms with Crippen LogP contribution < -0.4 is 0 Å². The Bertz CT molecular complexity index is 1030. The molecule has 0 radical (unpaired) electrons. The maximum atomic E-state index is 12.8. The first-order valence-corrected chi connectivity index (χ1v) is 26.5. The molecule has 6 heteroatoms. The molecule has 0 aliphatic rings. The van der Waals surface area contributed by atoms with E-state index in [1.165, 1.54) is 180 Å². The van der Waals surface area contributed by atoms with Crippen LogP contribution in [0.25, 0.3) is 0 Å². The largest absolute Gasteiger partial charge is 0.462 e. The Hall–Kier alpha value is -2.37. The third-order valence-electron chi connectivity index (χ3n) is 11.6. The molecule has 0 spiro atoms. The van der Waals surface area contributed by atoms with Gasteiger partial charge in [0.2, 0.25) is 0 Å². The van der Waals surface area contributed by atoms with Crippen molar-refractivity contribution >= 4 is 17.9 Å². The van der Waals surface area contributed by atoms with Gasteiger partial charge in [0.1, 0.15) is 13.2 Å². The summed E-state index contributed by atoms with van der Waals surface area (Å²) in [6.07, 6.45) is 58.5. The third kappa shape index (κ3) is 48.5. The van der Waals surface area contributed by atoms with Crippen LogP contribution in [0.1, 0.15) is 278 Å².